The van der Waals surface area contributed by atoms with Gasteiger partial charge in [-0.1, -0.05) is 18.2 Å². The number of benzene rings is 1. The maximum atomic E-state index is 13.5. The summed E-state index contributed by atoms with van der Waals surface area (Å²) in [6, 6.07) is 4.59. The zero-order valence-corrected chi connectivity index (χ0v) is 8.24. The minimum Gasteiger partial charge on any atom is -0.423 e. The van der Waals surface area contributed by atoms with E-state index in [1.165, 1.54) is 6.07 Å². The van der Waals surface area contributed by atoms with Crippen molar-refractivity contribution in [3.8, 4) is 0 Å². The Balaban J connectivity index is 3.01. The minimum atomic E-state index is -1.75. The molecule has 14 heavy (non-hydrogen) atoms. The molecule has 0 saturated heterocycles. The van der Waals surface area contributed by atoms with Gasteiger partial charge in [-0.05, 0) is 14.1 Å². The first-order chi connectivity index (χ1) is 6.52. The van der Waals surface area contributed by atoms with Crippen molar-refractivity contribution in [2.24, 2.45) is 0 Å². The van der Waals surface area contributed by atoms with Crippen molar-refractivity contribution in [3.63, 3.8) is 0 Å². The summed E-state index contributed by atoms with van der Waals surface area (Å²) in [7, 11) is 1.89. The van der Waals surface area contributed by atoms with Gasteiger partial charge in [0.05, 0.1) is 0 Å². The van der Waals surface area contributed by atoms with E-state index in [0.29, 0.717) is 12.1 Å². The van der Waals surface area contributed by atoms with Gasteiger partial charge < -0.3 is 14.9 Å². The Morgan fingerprint density at radius 3 is 2.50 bits per heavy atom. The molecule has 0 aliphatic rings. The summed E-state index contributed by atoms with van der Waals surface area (Å²) in [5.41, 5.74) is 0.380. The second-order valence-electron chi connectivity index (χ2n) is 3.43. The number of hydrogen-bond donors (Lipinski definition) is 2. The van der Waals surface area contributed by atoms with Crippen LogP contribution in [0.1, 0.15) is 5.56 Å². The SMILES string of the molecule is CN(C)Cc1cccc(B(O)O)c1F. The summed E-state index contributed by atoms with van der Waals surface area (Å²) in [6.45, 7) is 0.437. The third-order valence-corrected chi connectivity index (χ3v) is 1.87. The zero-order chi connectivity index (χ0) is 10.7. The maximum absolute atomic E-state index is 13.5. The topological polar surface area (TPSA) is 43.7 Å². The summed E-state index contributed by atoms with van der Waals surface area (Å²) in [6.07, 6.45) is 0. The summed E-state index contributed by atoms with van der Waals surface area (Å²) in [5.74, 6) is -0.545. The lowest BCUT2D eigenvalue weighted by Gasteiger charge is -2.12. The molecule has 0 saturated carbocycles. The first-order valence-electron chi connectivity index (χ1n) is 4.30. The van der Waals surface area contributed by atoms with Crippen LogP contribution in [0.3, 0.4) is 0 Å². The fourth-order valence-electron chi connectivity index (χ4n) is 1.26. The Morgan fingerprint density at radius 2 is 2.00 bits per heavy atom. The molecule has 1 aromatic carbocycles. The van der Waals surface area contributed by atoms with Crippen LogP contribution in [0.2, 0.25) is 0 Å². The quantitative estimate of drug-likeness (QED) is 0.646. The van der Waals surface area contributed by atoms with E-state index in [1.807, 2.05) is 19.0 Å². The lowest BCUT2D eigenvalue weighted by atomic mass is 9.79. The van der Waals surface area contributed by atoms with Crippen LogP contribution in [-0.4, -0.2) is 36.2 Å². The third kappa shape index (κ3) is 2.54. The van der Waals surface area contributed by atoms with Gasteiger partial charge in [0.15, 0.2) is 0 Å². The molecule has 0 atom stereocenters. The molecule has 0 aliphatic heterocycles. The molecule has 2 N–H and O–H groups in total. The molecular weight excluding hydrogens is 184 g/mol. The summed E-state index contributed by atoms with van der Waals surface area (Å²) >= 11 is 0. The van der Waals surface area contributed by atoms with Crippen molar-refractivity contribution in [1.82, 2.24) is 4.90 Å². The first-order valence-corrected chi connectivity index (χ1v) is 4.30. The predicted octanol–water partition coefficient (Wildman–Crippen LogP) is -0.433. The molecule has 0 unspecified atom stereocenters. The lowest BCUT2D eigenvalue weighted by molar-refractivity contribution is 0.391. The second kappa shape index (κ2) is 4.55. The highest BCUT2D eigenvalue weighted by atomic mass is 19.1. The van der Waals surface area contributed by atoms with E-state index >= 15 is 0 Å². The van der Waals surface area contributed by atoms with E-state index in [2.05, 4.69) is 0 Å². The predicted molar refractivity (Wildman–Crippen MR) is 53.6 cm³/mol. The minimum absolute atomic E-state index is 0.0793. The summed E-state index contributed by atoms with van der Waals surface area (Å²) in [4.78, 5) is 1.81. The number of hydrogen-bond acceptors (Lipinski definition) is 3. The van der Waals surface area contributed by atoms with Crippen LogP contribution >= 0.6 is 0 Å². The van der Waals surface area contributed by atoms with E-state index in [0.717, 1.165) is 0 Å². The molecular formula is C9H13BFNO2. The fraction of sp³-hybridized carbons (Fsp3) is 0.333. The maximum Gasteiger partial charge on any atom is 0.491 e. The number of nitrogens with zero attached hydrogens (tertiary/aromatic N) is 1. The Kier molecular flexibility index (Phi) is 3.63. The van der Waals surface area contributed by atoms with E-state index in [1.54, 1.807) is 12.1 Å². The average molecular weight is 197 g/mol. The van der Waals surface area contributed by atoms with Gasteiger partial charge in [-0.25, -0.2) is 4.39 Å². The normalized spacial score (nSPS) is 10.7. The molecule has 0 spiro atoms. The first kappa shape index (κ1) is 11.2. The summed E-state index contributed by atoms with van der Waals surface area (Å²) in [5, 5.41) is 17.7. The monoisotopic (exact) mass is 197 g/mol. The van der Waals surface area contributed by atoms with E-state index in [-0.39, 0.29) is 5.46 Å². The molecule has 5 heteroatoms. The van der Waals surface area contributed by atoms with Crippen molar-refractivity contribution in [1.29, 1.82) is 0 Å². The molecule has 1 aromatic rings. The molecule has 0 aromatic heterocycles. The van der Waals surface area contributed by atoms with Crippen molar-refractivity contribution in [2.45, 2.75) is 6.54 Å². The van der Waals surface area contributed by atoms with Crippen LogP contribution in [-0.2, 0) is 6.54 Å². The molecule has 0 bridgehead atoms. The highest BCUT2D eigenvalue weighted by molar-refractivity contribution is 6.58. The van der Waals surface area contributed by atoms with Crippen molar-refractivity contribution < 1.29 is 14.4 Å². The molecule has 3 nitrogen and oxygen atoms in total. The Bertz CT molecular complexity index is 318. The highest BCUT2D eigenvalue weighted by Gasteiger charge is 2.18. The van der Waals surface area contributed by atoms with Crippen LogP contribution in [0.4, 0.5) is 4.39 Å². The standard InChI is InChI=1S/C9H13BFNO2/c1-12(2)6-7-4-3-5-8(9(7)11)10(13)14/h3-5,13-14H,6H2,1-2H3. The molecule has 0 heterocycles. The molecule has 0 fully saturated rings. The average Bonchev–Trinajstić information content (AvgIpc) is 2.07. The Hall–Kier alpha value is -0.905. The molecule has 0 aliphatic carbocycles. The third-order valence-electron chi connectivity index (χ3n) is 1.87. The van der Waals surface area contributed by atoms with Gasteiger partial charge in [0.1, 0.15) is 5.82 Å². The van der Waals surface area contributed by atoms with Gasteiger partial charge in [0.2, 0.25) is 0 Å². The molecule has 76 valence electrons. The van der Waals surface area contributed by atoms with Gasteiger partial charge in [-0.2, -0.15) is 0 Å². The van der Waals surface area contributed by atoms with E-state index < -0.39 is 12.9 Å². The number of halogens is 1. The molecule has 0 radical (unpaired) electrons. The smallest absolute Gasteiger partial charge is 0.423 e. The fourth-order valence-corrected chi connectivity index (χ4v) is 1.26. The van der Waals surface area contributed by atoms with Crippen molar-refractivity contribution in [2.75, 3.05) is 14.1 Å². The zero-order valence-electron chi connectivity index (χ0n) is 8.24. The lowest BCUT2D eigenvalue weighted by Crippen LogP contribution is -2.33. The van der Waals surface area contributed by atoms with Crippen LogP contribution in [0.25, 0.3) is 0 Å². The van der Waals surface area contributed by atoms with Crippen LogP contribution in [0, 0.1) is 5.82 Å². The van der Waals surface area contributed by atoms with Gasteiger partial charge in [-0.3, -0.25) is 0 Å². The number of rotatable bonds is 3. The van der Waals surface area contributed by atoms with Crippen molar-refractivity contribution in [3.05, 3.63) is 29.6 Å². The van der Waals surface area contributed by atoms with Gasteiger partial charge in [0.25, 0.3) is 0 Å². The molecule has 1 rings (SSSR count). The molecule has 0 amide bonds. The van der Waals surface area contributed by atoms with Gasteiger partial charge in [-0.15, -0.1) is 0 Å². The van der Waals surface area contributed by atoms with Gasteiger partial charge >= 0.3 is 7.12 Å². The largest absolute Gasteiger partial charge is 0.491 e. The van der Waals surface area contributed by atoms with E-state index in [9.17, 15) is 4.39 Å². The van der Waals surface area contributed by atoms with E-state index in [4.69, 9.17) is 10.0 Å². The van der Waals surface area contributed by atoms with Crippen LogP contribution in [0.5, 0.6) is 0 Å². The van der Waals surface area contributed by atoms with Crippen molar-refractivity contribution >= 4 is 12.6 Å². The Morgan fingerprint density at radius 1 is 1.36 bits per heavy atom. The summed E-state index contributed by atoms with van der Waals surface area (Å²) < 4.78 is 13.5. The van der Waals surface area contributed by atoms with Crippen LogP contribution < -0.4 is 5.46 Å². The second-order valence-corrected chi connectivity index (χ2v) is 3.43. The Labute approximate surface area is 82.9 Å². The van der Waals surface area contributed by atoms with Gasteiger partial charge in [0, 0.05) is 17.6 Å². The highest BCUT2D eigenvalue weighted by Crippen LogP contribution is 2.06. The van der Waals surface area contributed by atoms with Crippen LogP contribution in [0.15, 0.2) is 18.2 Å².